The molecule has 2 N–H and O–H groups in total. The molecule has 0 bridgehead atoms. The minimum Gasteiger partial charge on any atom is -0.352 e. The summed E-state index contributed by atoms with van der Waals surface area (Å²) in [4.78, 5) is 16.2. The van der Waals surface area contributed by atoms with Crippen molar-refractivity contribution in [1.29, 1.82) is 0 Å². The van der Waals surface area contributed by atoms with Gasteiger partial charge in [-0.2, -0.15) is 15.3 Å². The van der Waals surface area contributed by atoms with Crippen LogP contribution in [-0.2, 0) is 12.8 Å². The van der Waals surface area contributed by atoms with Gasteiger partial charge >= 0.3 is 0 Å². The molecule has 0 spiro atoms. The van der Waals surface area contributed by atoms with E-state index in [1.807, 2.05) is 13.8 Å². The quantitative estimate of drug-likeness (QED) is 0.760. The molecule has 0 aliphatic heterocycles. The Bertz CT molecular complexity index is 566. The van der Waals surface area contributed by atoms with Crippen LogP contribution < -0.4 is 5.32 Å². The van der Waals surface area contributed by atoms with E-state index in [0.29, 0.717) is 18.5 Å². The first-order valence-electron chi connectivity index (χ1n) is 6.66. The molecule has 0 unspecified atom stereocenters. The van der Waals surface area contributed by atoms with Gasteiger partial charge in [0.2, 0.25) is 0 Å². The molecule has 0 fully saturated rings. The molecule has 20 heavy (non-hydrogen) atoms. The minimum absolute atomic E-state index is 0.0996. The van der Waals surface area contributed by atoms with Gasteiger partial charge in [-0.25, -0.2) is 4.98 Å². The average molecular weight is 274 g/mol. The molecular formula is C13H18N6O. The van der Waals surface area contributed by atoms with Gasteiger partial charge in [-0.15, -0.1) is 0 Å². The Hall–Kier alpha value is -2.31. The van der Waals surface area contributed by atoms with Crippen LogP contribution in [0.4, 0.5) is 0 Å². The molecule has 2 aromatic rings. The molecule has 0 radical (unpaired) electrons. The van der Waals surface area contributed by atoms with Gasteiger partial charge in [0, 0.05) is 13.0 Å². The number of hydrogen-bond acceptors (Lipinski definition) is 5. The maximum absolute atomic E-state index is 12.1. The molecule has 0 atom stereocenters. The van der Waals surface area contributed by atoms with Crippen LogP contribution in [0.3, 0.4) is 0 Å². The second-order valence-corrected chi connectivity index (χ2v) is 4.49. The van der Waals surface area contributed by atoms with E-state index < -0.39 is 0 Å². The van der Waals surface area contributed by atoms with Crippen LogP contribution in [-0.4, -0.2) is 37.8 Å². The number of carbonyl (C=O) groups excluding carboxylic acids is 1. The zero-order valence-corrected chi connectivity index (χ0v) is 11.7. The van der Waals surface area contributed by atoms with Crippen LogP contribution in [0.5, 0.6) is 0 Å². The normalized spacial score (nSPS) is 10.5. The predicted molar refractivity (Wildman–Crippen MR) is 73.2 cm³/mol. The van der Waals surface area contributed by atoms with Crippen molar-refractivity contribution >= 4 is 5.91 Å². The number of hydrogen-bond donors (Lipinski definition) is 2. The molecule has 2 heterocycles. The molecule has 7 nitrogen and oxygen atoms in total. The van der Waals surface area contributed by atoms with E-state index in [1.165, 1.54) is 6.33 Å². The molecule has 1 amide bonds. The Labute approximate surface area is 117 Å². The van der Waals surface area contributed by atoms with Gasteiger partial charge in [-0.3, -0.25) is 9.89 Å². The van der Waals surface area contributed by atoms with Gasteiger partial charge in [0.1, 0.15) is 12.2 Å². The molecule has 0 aliphatic rings. The Kier molecular flexibility index (Phi) is 4.75. The average Bonchev–Trinajstić information content (AvgIpc) is 2.96. The van der Waals surface area contributed by atoms with Crippen molar-refractivity contribution in [2.75, 3.05) is 6.54 Å². The van der Waals surface area contributed by atoms with Crippen molar-refractivity contribution in [3.8, 4) is 0 Å². The Balaban J connectivity index is 1.87. The smallest absolute Gasteiger partial charge is 0.253 e. The topological polar surface area (TPSA) is 96.5 Å². The summed E-state index contributed by atoms with van der Waals surface area (Å²) in [6.07, 6.45) is 3.73. The lowest BCUT2D eigenvalue weighted by Crippen LogP contribution is -2.26. The standard InChI is InChI=1S/C13H18N6O/c1-3-11-10(7-9(2)17-18-11)13(20)14-6-4-5-12-15-8-16-19-12/h7-8H,3-6H2,1-2H3,(H,14,20)(H,15,16,19). The van der Waals surface area contributed by atoms with E-state index in [0.717, 1.165) is 30.1 Å². The lowest BCUT2D eigenvalue weighted by Gasteiger charge is -2.08. The molecule has 0 saturated heterocycles. The Morgan fingerprint density at radius 2 is 2.25 bits per heavy atom. The fourth-order valence-electron chi connectivity index (χ4n) is 1.88. The summed E-state index contributed by atoms with van der Waals surface area (Å²) in [5.74, 6) is 0.729. The number of aromatic nitrogens is 5. The van der Waals surface area contributed by atoms with Crippen LogP contribution in [0.15, 0.2) is 12.4 Å². The van der Waals surface area contributed by atoms with Crippen molar-refractivity contribution in [3.63, 3.8) is 0 Å². The highest BCUT2D eigenvalue weighted by molar-refractivity contribution is 5.95. The number of nitrogens with zero attached hydrogens (tertiary/aromatic N) is 4. The van der Waals surface area contributed by atoms with Crippen molar-refractivity contribution in [1.82, 2.24) is 30.7 Å². The van der Waals surface area contributed by atoms with E-state index in [4.69, 9.17) is 0 Å². The number of aryl methyl sites for hydroxylation is 3. The van der Waals surface area contributed by atoms with E-state index in [9.17, 15) is 4.79 Å². The minimum atomic E-state index is -0.0996. The highest BCUT2D eigenvalue weighted by atomic mass is 16.1. The number of H-pyrrole nitrogens is 1. The van der Waals surface area contributed by atoms with E-state index >= 15 is 0 Å². The third-order valence-electron chi connectivity index (χ3n) is 2.91. The summed E-state index contributed by atoms with van der Waals surface area (Å²) in [7, 11) is 0. The summed E-state index contributed by atoms with van der Waals surface area (Å²) in [6, 6.07) is 1.78. The Morgan fingerprint density at radius 3 is 2.95 bits per heavy atom. The van der Waals surface area contributed by atoms with Crippen molar-refractivity contribution in [2.24, 2.45) is 0 Å². The molecule has 7 heteroatoms. The third-order valence-corrected chi connectivity index (χ3v) is 2.91. The van der Waals surface area contributed by atoms with Gasteiger partial charge in [0.05, 0.1) is 17.0 Å². The lowest BCUT2D eigenvalue weighted by molar-refractivity contribution is 0.0951. The first kappa shape index (κ1) is 14.1. The van der Waals surface area contributed by atoms with Crippen LogP contribution in [0.2, 0.25) is 0 Å². The van der Waals surface area contributed by atoms with Gasteiger partial charge < -0.3 is 5.32 Å². The number of aromatic amines is 1. The fourth-order valence-corrected chi connectivity index (χ4v) is 1.88. The number of nitrogens with one attached hydrogen (secondary N) is 2. The highest BCUT2D eigenvalue weighted by Crippen LogP contribution is 2.07. The summed E-state index contributed by atoms with van der Waals surface area (Å²) in [5, 5.41) is 17.5. The van der Waals surface area contributed by atoms with Crippen LogP contribution in [0.1, 0.15) is 40.9 Å². The SMILES string of the molecule is CCc1nnc(C)cc1C(=O)NCCCc1ncn[nH]1. The van der Waals surface area contributed by atoms with Crippen molar-refractivity contribution in [3.05, 3.63) is 35.2 Å². The second kappa shape index (κ2) is 6.74. The van der Waals surface area contributed by atoms with Gasteiger partial charge in [-0.1, -0.05) is 6.92 Å². The van der Waals surface area contributed by atoms with Crippen LogP contribution in [0, 0.1) is 6.92 Å². The second-order valence-electron chi connectivity index (χ2n) is 4.49. The molecule has 106 valence electrons. The van der Waals surface area contributed by atoms with E-state index in [2.05, 4.69) is 30.7 Å². The number of carbonyl (C=O) groups is 1. The zero-order valence-electron chi connectivity index (χ0n) is 11.7. The molecule has 0 aromatic carbocycles. The first-order valence-corrected chi connectivity index (χ1v) is 6.66. The van der Waals surface area contributed by atoms with Gasteiger partial charge in [-0.05, 0) is 25.8 Å². The molecule has 0 saturated carbocycles. The summed E-state index contributed by atoms with van der Waals surface area (Å²) in [5.41, 5.74) is 2.08. The molecule has 2 rings (SSSR count). The summed E-state index contributed by atoms with van der Waals surface area (Å²) < 4.78 is 0. The van der Waals surface area contributed by atoms with E-state index in [1.54, 1.807) is 6.07 Å². The fraction of sp³-hybridized carbons (Fsp3) is 0.462. The largest absolute Gasteiger partial charge is 0.352 e. The van der Waals surface area contributed by atoms with E-state index in [-0.39, 0.29) is 5.91 Å². The number of rotatable bonds is 6. The maximum Gasteiger partial charge on any atom is 0.253 e. The van der Waals surface area contributed by atoms with Crippen molar-refractivity contribution in [2.45, 2.75) is 33.1 Å². The highest BCUT2D eigenvalue weighted by Gasteiger charge is 2.12. The third kappa shape index (κ3) is 3.59. The number of amides is 1. The van der Waals surface area contributed by atoms with Gasteiger partial charge in [0.25, 0.3) is 5.91 Å². The molecule has 2 aromatic heterocycles. The van der Waals surface area contributed by atoms with Crippen molar-refractivity contribution < 1.29 is 4.79 Å². The van der Waals surface area contributed by atoms with Gasteiger partial charge in [0.15, 0.2) is 0 Å². The zero-order chi connectivity index (χ0) is 14.4. The summed E-state index contributed by atoms with van der Waals surface area (Å²) >= 11 is 0. The lowest BCUT2D eigenvalue weighted by atomic mass is 10.1. The Morgan fingerprint density at radius 1 is 1.40 bits per heavy atom. The monoisotopic (exact) mass is 274 g/mol. The first-order chi connectivity index (χ1) is 9.70. The molecule has 0 aliphatic carbocycles. The predicted octanol–water partition coefficient (Wildman–Crippen LogP) is 0.828. The van der Waals surface area contributed by atoms with Crippen LogP contribution in [0.25, 0.3) is 0 Å². The van der Waals surface area contributed by atoms with Crippen LogP contribution >= 0.6 is 0 Å². The molecular weight excluding hydrogens is 256 g/mol. The maximum atomic E-state index is 12.1. The summed E-state index contributed by atoms with van der Waals surface area (Å²) in [6.45, 7) is 4.37.